The molecule has 0 N–H and O–H groups in total. The Kier molecular flexibility index (Phi) is 6.05. The SMILES string of the molecule is c1ccc2c(c1)oc1ccc3c(c4cc5c(c6cccc7c8cc(-c9cccc%10c9oc9cc%11c(cc9%10)c9cc%10c(c%12cccc%13c%14ccccc%14n%10c%13%12)c%10c%12ccccc%12n%11c9%10)ccc8n5c76)c5c6ccccc6n3c45)c12. The first-order chi connectivity index (χ1) is 38.7. The summed E-state index contributed by atoms with van der Waals surface area (Å²) in [4.78, 5) is 0. The molecule has 0 bridgehead atoms. The highest BCUT2D eigenvalue weighted by Crippen LogP contribution is 2.53. The quantitative estimate of drug-likeness (QED) is 0.164. The van der Waals surface area contributed by atoms with Crippen molar-refractivity contribution in [3.05, 3.63) is 206 Å². The van der Waals surface area contributed by atoms with Gasteiger partial charge in [0.2, 0.25) is 0 Å². The topological polar surface area (TPSA) is 43.9 Å². The summed E-state index contributed by atoms with van der Waals surface area (Å²) in [5.41, 5.74) is 20.7. The number of furan rings is 2. The van der Waals surface area contributed by atoms with Crippen LogP contribution in [0.1, 0.15) is 0 Å². The van der Waals surface area contributed by atoms with Crippen molar-refractivity contribution in [1.82, 2.24) is 17.6 Å². The molecule has 6 nitrogen and oxygen atoms in total. The molecule has 6 heteroatoms. The van der Waals surface area contributed by atoms with Gasteiger partial charge in [-0.2, -0.15) is 0 Å². The predicted octanol–water partition coefficient (Wildman–Crippen LogP) is 19.8. The van der Waals surface area contributed by atoms with Crippen molar-refractivity contribution in [1.29, 1.82) is 0 Å². The van der Waals surface area contributed by atoms with Crippen LogP contribution >= 0.6 is 0 Å². The maximum Gasteiger partial charge on any atom is 0.143 e. The van der Waals surface area contributed by atoms with Gasteiger partial charge in [-0.25, -0.2) is 0 Å². The zero-order valence-corrected chi connectivity index (χ0v) is 41.2. The molecule has 0 spiro atoms. The number of hydrogen-bond donors (Lipinski definition) is 0. The molecule has 22 aromatic rings. The van der Waals surface area contributed by atoms with Crippen molar-refractivity contribution in [2.24, 2.45) is 0 Å². The van der Waals surface area contributed by atoms with Gasteiger partial charge in [0, 0.05) is 119 Å². The standard InChI is InChI=1S/C72H34N4O2/c1-5-22-51-37(12-1)38-17-10-20-44-62-57(75(51)68(38)44)32-49-47-31-48-40-19-9-16-36(72(40)78-61(48)34-56(47)74-53-24-7-3-14-42(53)66(62)70(49)74)35-26-27-54-46(30-35)39-18-11-21-45-63-58(76(54)69(39)45)33-50-64-55(73-52-23-6-2-13-41(52)67(63)71(50)73)28-29-60-65(64)43-15-4-8-25-59(43)77-60/h1-34H. The van der Waals surface area contributed by atoms with Gasteiger partial charge < -0.3 is 26.4 Å². The van der Waals surface area contributed by atoms with Crippen LogP contribution in [0.3, 0.4) is 0 Å². The van der Waals surface area contributed by atoms with Crippen LogP contribution in [-0.4, -0.2) is 17.6 Å². The lowest BCUT2D eigenvalue weighted by molar-refractivity contribution is 0.669. The second-order valence-electron chi connectivity index (χ2n) is 22.2. The first-order valence-corrected chi connectivity index (χ1v) is 27.0. The van der Waals surface area contributed by atoms with E-state index in [9.17, 15) is 0 Å². The molecule has 10 aromatic heterocycles. The van der Waals surface area contributed by atoms with Gasteiger partial charge in [-0.05, 0) is 72.3 Å². The number of fused-ring (bicyclic) bond motifs is 33. The Morgan fingerprint density at radius 1 is 0.218 bits per heavy atom. The van der Waals surface area contributed by atoms with Gasteiger partial charge in [0.05, 0.1) is 66.2 Å². The van der Waals surface area contributed by atoms with Crippen molar-refractivity contribution in [2.45, 2.75) is 0 Å². The predicted molar refractivity (Wildman–Crippen MR) is 325 cm³/mol. The Bertz CT molecular complexity index is 6550. The monoisotopic (exact) mass is 986 g/mol. The van der Waals surface area contributed by atoms with Gasteiger partial charge in [-0.15, -0.1) is 0 Å². The van der Waals surface area contributed by atoms with Crippen molar-refractivity contribution in [3.8, 4) is 11.1 Å². The summed E-state index contributed by atoms with van der Waals surface area (Å²) in [5.74, 6) is 0. The number of benzene rings is 12. The molecule has 0 fully saturated rings. The first-order valence-electron chi connectivity index (χ1n) is 27.0. The van der Waals surface area contributed by atoms with Crippen LogP contribution in [0, 0.1) is 0 Å². The van der Waals surface area contributed by atoms with E-state index in [1.807, 2.05) is 0 Å². The van der Waals surface area contributed by atoms with Crippen molar-refractivity contribution in [3.63, 3.8) is 0 Å². The molecule has 0 amide bonds. The third-order valence-corrected chi connectivity index (χ3v) is 18.8. The molecule has 0 saturated carbocycles. The third kappa shape index (κ3) is 3.98. The Balaban J connectivity index is 0.801. The van der Waals surface area contributed by atoms with E-state index in [1.165, 1.54) is 152 Å². The Hall–Kier alpha value is -10.6. The molecule has 0 radical (unpaired) electrons. The summed E-state index contributed by atoms with van der Waals surface area (Å²) in [6, 6.07) is 76.9. The van der Waals surface area contributed by atoms with E-state index >= 15 is 0 Å². The number of aromatic nitrogens is 4. The highest BCUT2D eigenvalue weighted by molar-refractivity contribution is 6.42. The van der Waals surface area contributed by atoms with Gasteiger partial charge in [0.1, 0.15) is 22.3 Å². The lowest BCUT2D eigenvalue weighted by Crippen LogP contribution is -1.83. The Morgan fingerprint density at radius 3 is 1.50 bits per heavy atom. The minimum atomic E-state index is 0.891. The summed E-state index contributed by atoms with van der Waals surface area (Å²) >= 11 is 0. The van der Waals surface area contributed by atoms with Crippen molar-refractivity contribution in [2.75, 3.05) is 0 Å². The zero-order chi connectivity index (χ0) is 49.7. The molecule has 354 valence electrons. The summed E-state index contributed by atoms with van der Waals surface area (Å²) in [5, 5.41) is 25.0. The molecular weight excluding hydrogens is 953 g/mol. The lowest BCUT2D eigenvalue weighted by Gasteiger charge is -2.05. The van der Waals surface area contributed by atoms with Gasteiger partial charge in [-0.3, -0.25) is 0 Å². The van der Waals surface area contributed by atoms with E-state index in [1.54, 1.807) is 0 Å². The molecule has 0 aliphatic carbocycles. The lowest BCUT2D eigenvalue weighted by atomic mass is 9.98. The summed E-state index contributed by atoms with van der Waals surface area (Å²) < 4.78 is 23.8. The fraction of sp³-hybridized carbons (Fsp3) is 0. The minimum Gasteiger partial charge on any atom is -0.456 e. The highest BCUT2D eigenvalue weighted by Gasteiger charge is 2.29. The van der Waals surface area contributed by atoms with Crippen LogP contribution in [-0.2, 0) is 0 Å². The molecule has 10 heterocycles. The van der Waals surface area contributed by atoms with Crippen LogP contribution in [0.2, 0.25) is 0 Å². The number of hydrogen-bond acceptors (Lipinski definition) is 2. The first kappa shape index (κ1) is 38.1. The average Bonchev–Trinajstić information content (AvgIpc) is 3.89. The number of rotatable bonds is 1. The van der Waals surface area contributed by atoms with E-state index in [0.717, 1.165) is 55.1 Å². The van der Waals surface area contributed by atoms with Crippen LogP contribution in [0.4, 0.5) is 0 Å². The minimum absolute atomic E-state index is 0.891. The van der Waals surface area contributed by atoms with E-state index in [4.69, 9.17) is 8.83 Å². The van der Waals surface area contributed by atoms with E-state index in [0.29, 0.717) is 0 Å². The Morgan fingerprint density at radius 2 is 0.744 bits per heavy atom. The molecule has 0 aliphatic heterocycles. The molecule has 0 aliphatic rings. The van der Waals surface area contributed by atoms with Gasteiger partial charge in [0.15, 0.2) is 0 Å². The van der Waals surface area contributed by atoms with Gasteiger partial charge in [0.25, 0.3) is 0 Å². The van der Waals surface area contributed by atoms with E-state index in [-0.39, 0.29) is 0 Å². The molecule has 0 unspecified atom stereocenters. The molecule has 0 saturated heterocycles. The second kappa shape index (κ2) is 12.4. The fourth-order valence-electron chi connectivity index (χ4n) is 16.0. The molecular formula is C72H34N4O2. The summed E-state index contributed by atoms with van der Waals surface area (Å²) in [6.07, 6.45) is 0. The summed E-state index contributed by atoms with van der Waals surface area (Å²) in [6.45, 7) is 0. The molecule has 78 heavy (non-hydrogen) atoms. The fourth-order valence-corrected chi connectivity index (χ4v) is 16.0. The Labute approximate surface area is 437 Å². The largest absolute Gasteiger partial charge is 0.456 e. The third-order valence-electron chi connectivity index (χ3n) is 18.8. The second-order valence-corrected chi connectivity index (χ2v) is 22.2. The van der Waals surface area contributed by atoms with E-state index < -0.39 is 0 Å². The summed E-state index contributed by atoms with van der Waals surface area (Å²) in [7, 11) is 0. The van der Waals surface area contributed by atoms with Crippen molar-refractivity contribution >= 4 is 196 Å². The smallest absolute Gasteiger partial charge is 0.143 e. The van der Waals surface area contributed by atoms with Crippen LogP contribution in [0.5, 0.6) is 0 Å². The normalized spacial score (nSPS) is 13.4. The van der Waals surface area contributed by atoms with Crippen LogP contribution in [0.15, 0.2) is 215 Å². The van der Waals surface area contributed by atoms with Gasteiger partial charge in [-0.1, -0.05) is 133 Å². The average molecular weight is 987 g/mol. The van der Waals surface area contributed by atoms with E-state index in [2.05, 4.69) is 224 Å². The highest BCUT2D eigenvalue weighted by atomic mass is 16.3. The zero-order valence-electron chi connectivity index (χ0n) is 41.2. The van der Waals surface area contributed by atoms with Crippen LogP contribution < -0.4 is 0 Å². The maximum absolute atomic E-state index is 7.18. The van der Waals surface area contributed by atoms with Gasteiger partial charge >= 0.3 is 0 Å². The molecule has 0 atom stereocenters. The van der Waals surface area contributed by atoms with Crippen LogP contribution in [0.25, 0.3) is 207 Å². The number of nitrogens with zero attached hydrogens (tertiary/aromatic N) is 4. The molecule has 22 rings (SSSR count). The maximum atomic E-state index is 7.18. The van der Waals surface area contributed by atoms with Crippen molar-refractivity contribution < 1.29 is 8.83 Å². The molecule has 12 aromatic carbocycles. The number of para-hydroxylation sites is 7.